The number of methoxy groups -OCH3 is 1. The highest BCUT2D eigenvalue weighted by Crippen LogP contribution is 2.27. The first-order valence-electron chi connectivity index (χ1n) is 6.66. The topological polar surface area (TPSA) is 64.5 Å². The van der Waals surface area contributed by atoms with E-state index >= 15 is 0 Å². The molecule has 0 atom stereocenters. The van der Waals surface area contributed by atoms with E-state index < -0.39 is 0 Å². The van der Waals surface area contributed by atoms with E-state index in [2.05, 4.69) is 9.88 Å². The zero-order chi connectivity index (χ0) is 13.2. The number of rotatable bonds is 3. The molecule has 1 aliphatic rings. The third kappa shape index (κ3) is 2.51. The number of hydrogen-bond acceptors (Lipinski definition) is 5. The molecular weight excluding hydrogens is 242 g/mol. The second-order valence-corrected chi connectivity index (χ2v) is 5.11. The Balaban J connectivity index is 1.74. The Kier molecular flexibility index (Phi) is 3.29. The SMILES string of the molecule is COCC1CCN(c2nc3ccc(N)cc3o2)CC1. The molecule has 1 fully saturated rings. The van der Waals surface area contributed by atoms with Crippen LogP contribution >= 0.6 is 0 Å². The van der Waals surface area contributed by atoms with Crippen molar-refractivity contribution < 1.29 is 9.15 Å². The van der Waals surface area contributed by atoms with Crippen LogP contribution in [0.15, 0.2) is 22.6 Å². The zero-order valence-corrected chi connectivity index (χ0v) is 11.1. The number of ether oxygens (including phenoxy) is 1. The van der Waals surface area contributed by atoms with E-state index in [4.69, 9.17) is 14.9 Å². The fourth-order valence-electron chi connectivity index (χ4n) is 2.59. The van der Waals surface area contributed by atoms with Gasteiger partial charge in [-0.2, -0.15) is 4.98 Å². The fourth-order valence-corrected chi connectivity index (χ4v) is 2.59. The molecular formula is C14H19N3O2. The van der Waals surface area contributed by atoms with Crippen LogP contribution in [-0.4, -0.2) is 31.8 Å². The summed E-state index contributed by atoms with van der Waals surface area (Å²) in [5.74, 6) is 0.654. The Hall–Kier alpha value is -1.75. The van der Waals surface area contributed by atoms with Gasteiger partial charge in [0.1, 0.15) is 5.52 Å². The maximum absolute atomic E-state index is 5.79. The summed E-state index contributed by atoms with van der Waals surface area (Å²) in [7, 11) is 1.76. The summed E-state index contributed by atoms with van der Waals surface area (Å²) in [6, 6.07) is 6.27. The summed E-state index contributed by atoms with van der Waals surface area (Å²) in [5, 5.41) is 0. The van der Waals surface area contributed by atoms with Crippen LogP contribution < -0.4 is 10.6 Å². The highest BCUT2D eigenvalue weighted by Gasteiger charge is 2.22. The minimum Gasteiger partial charge on any atom is -0.423 e. The quantitative estimate of drug-likeness (QED) is 0.859. The van der Waals surface area contributed by atoms with Gasteiger partial charge in [-0.3, -0.25) is 0 Å². The van der Waals surface area contributed by atoms with Crippen molar-refractivity contribution in [2.75, 3.05) is 37.4 Å². The van der Waals surface area contributed by atoms with Gasteiger partial charge in [0, 0.05) is 38.6 Å². The molecule has 1 aromatic heterocycles. The Morgan fingerprint density at radius 2 is 2.21 bits per heavy atom. The van der Waals surface area contributed by atoms with E-state index in [1.54, 1.807) is 7.11 Å². The minimum atomic E-state index is 0.654. The van der Waals surface area contributed by atoms with Crippen molar-refractivity contribution in [3.8, 4) is 0 Å². The second kappa shape index (κ2) is 5.09. The molecule has 1 aliphatic heterocycles. The molecule has 2 N–H and O–H groups in total. The molecule has 0 radical (unpaired) electrons. The maximum atomic E-state index is 5.79. The lowest BCUT2D eigenvalue weighted by molar-refractivity contribution is 0.138. The van der Waals surface area contributed by atoms with Gasteiger partial charge in [0.05, 0.1) is 0 Å². The lowest BCUT2D eigenvalue weighted by atomic mass is 9.98. The van der Waals surface area contributed by atoms with Crippen molar-refractivity contribution >= 4 is 22.8 Å². The summed E-state index contributed by atoms with van der Waals surface area (Å²) in [6.07, 6.45) is 2.24. The van der Waals surface area contributed by atoms with Gasteiger partial charge < -0.3 is 19.8 Å². The Bertz CT molecular complexity index is 559. The highest BCUT2D eigenvalue weighted by molar-refractivity contribution is 5.78. The number of benzene rings is 1. The van der Waals surface area contributed by atoms with Crippen LogP contribution in [0.1, 0.15) is 12.8 Å². The summed E-state index contributed by atoms with van der Waals surface area (Å²) in [5.41, 5.74) is 8.07. The van der Waals surface area contributed by atoms with Crippen molar-refractivity contribution in [1.29, 1.82) is 0 Å². The van der Waals surface area contributed by atoms with Crippen LogP contribution in [0.2, 0.25) is 0 Å². The van der Waals surface area contributed by atoms with Gasteiger partial charge >= 0.3 is 0 Å². The number of nitrogen functional groups attached to an aromatic ring is 1. The molecule has 5 heteroatoms. The van der Waals surface area contributed by atoms with Crippen molar-refractivity contribution in [3.05, 3.63) is 18.2 Å². The first-order valence-corrected chi connectivity index (χ1v) is 6.66. The molecule has 3 rings (SSSR count). The Morgan fingerprint density at radius 1 is 1.42 bits per heavy atom. The summed E-state index contributed by atoms with van der Waals surface area (Å²) in [4.78, 5) is 6.72. The van der Waals surface area contributed by atoms with E-state index in [0.717, 1.165) is 43.6 Å². The number of aromatic nitrogens is 1. The number of fused-ring (bicyclic) bond motifs is 1. The van der Waals surface area contributed by atoms with E-state index in [1.165, 1.54) is 0 Å². The zero-order valence-electron chi connectivity index (χ0n) is 11.1. The maximum Gasteiger partial charge on any atom is 0.298 e. The van der Waals surface area contributed by atoms with Crippen LogP contribution in [0.25, 0.3) is 11.1 Å². The molecule has 0 aliphatic carbocycles. The molecule has 19 heavy (non-hydrogen) atoms. The molecule has 0 bridgehead atoms. The number of anilines is 2. The van der Waals surface area contributed by atoms with E-state index in [9.17, 15) is 0 Å². The molecule has 0 saturated carbocycles. The largest absolute Gasteiger partial charge is 0.423 e. The lowest BCUT2D eigenvalue weighted by Gasteiger charge is -2.30. The third-order valence-corrected chi connectivity index (χ3v) is 3.69. The average molecular weight is 261 g/mol. The van der Waals surface area contributed by atoms with Crippen LogP contribution in [0.4, 0.5) is 11.7 Å². The molecule has 2 heterocycles. The van der Waals surface area contributed by atoms with Gasteiger partial charge in [0.2, 0.25) is 0 Å². The molecule has 5 nitrogen and oxygen atoms in total. The van der Waals surface area contributed by atoms with Crippen molar-refractivity contribution in [3.63, 3.8) is 0 Å². The second-order valence-electron chi connectivity index (χ2n) is 5.11. The number of piperidine rings is 1. The predicted molar refractivity (Wildman–Crippen MR) is 75.2 cm³/mol. The standard InChI is InChI=1S/C14H19N3O2/c1-18-9-10-4-6-17(7-5-10)14-16-12-3-2-11(15)8-13(12)19-14/h2-3,8,10H,4-7,9,15H2,1H3. The first kappa shape index (κ1) is 12.3. The first-order chi connectivity index (χ1) is 9.26. The van der Waals surface area contributed by atoms with Crippen molar-refractivity contribution in [2.45, 2.75) is 12.8 Å². The molecule has 1 saturated heterocycles. The van der Waals surface area contributed by atoms with Gasteiger partial charge in [-0.15, -0.1) is 0 Å². The van der Waals surface area contributed by atoms with Crippen LogP contribution in [0.5, 0.6) is 0 Å². The van der Waals surface area contributed by atoms with E-state index in [0.29, 0.717) is 17.6 Å². The number of oxazole rings is 1. The van der Waals surface area contributed by atoms with Gasteiger partial charge in [-0.05, 0) is 30.9 Å². The number of nitrogens with two attached hydrogens (primary N) is 1. The summed E-state index contributed by atoms with van der Waals surface area (Å²) >= 11 is 0. The molecule has 0 amide bonds. The number of nitrogens with zero attached hydrogens (tertiary/aromatic N) is 2. The van der Waals surface area contributed by atoms with Gasteiger partial charge in [-0.25, -0.2) is 0 Å². The molecule has 102 valence electrons. The number of hydrogen-bond donors (Lipinski definition) is 1. The lowest BCUT2D eigenvalue weighted by Crippen LogP contribution is -2.35. The van der Waals surface area contributed by atoms with Crippen LogP contribution in [0.3, 0.4) is 0 Å². The third-order valence-electron chi connectivity index (χ3n) is 3.69. The molecule has 0 unspecified atom stereocenters. The van der Waals surface area contributed by atoms with Crippen LogP contribution in [-0.2, 0) is 4.74 Å². The Labute approximate surface area is 112 Å². The molecule has 0 spiro atoms. The minimum absolute atomic E-state index is 0.654. The van der Waals surface area contributed by atoms with Gasteiger partial charge in [-0.1, -0.05) is 0 Å². The smallest absolute Gasteiger partial charge is 0.298 e. The van der Waals surface area contributed by atoms with Crippen molar-refractivity contribution in [2.24, 2.45) is 5.92 Å². The average Bonchev–Trinajstić information content (AvgIpc) is 2.83. The van der Waals surface area contributed by atoms with Crippen molar-refractivity contribution in [1.82, 2.24) is 4.98 Å². The van der Waals surface area contributed by atoms with Gasteiger partial charge in [0.25, 0.3) is 6.01 Å². The monoisotopic (exact) mass is 261 g/mol. The molecule has 2 aromatic rings. The highest BCUT2D eigenvalue weighted by atomic mass is 16.5. The Morgan fingerprint density at radius 3 is 2.95 bits per heavy atom. The van der Waals surface area contributed by atoms with E-state index in [1.807, 2.05) is 18.2 Å². The van der Waals surface area contributed by atoms with E-state index in [-0.39, 0.29) is 0 Å². The predicted octanol–water partition coefficient (Wildman–Crippen LogP) is 2.27. The van der Waals surface area contributed by atoms with Gasteiger partial charge in [0.15, 0.2) is 5.58 Å². The fraction of sp³-hybridized carbons (Fsp3) is 0.500. The normalized spacial score (nSPS) is 17.2. The molecule has 1 aromatic carbocycles. The summed E-state index contributed by atoms with van der Waals surface area (Å²) in [6.45, 7) is 2.78. The van der Waals surface area contributed by atoms with Crippen LogP contribution in [0, 0.1) is 5.92 Å². The summed E-state index contributed by atoms with van der Waals surface area (Å²) < 4.78 is 11.0.